The molecule has 1 rings (SSSR count). The molecule has 0 aliphatic heterocycles. The molecule has 1 atom stereocenters. The van der Waals surface area contributed by atoms with E-state index in [0.717, 1.165) is 38.1 Å². The van der Waals surface area contributed by atoms with Gasteiger partial charge in [-0.1, -0.05) is 56.7 Å². The molecular weight excluding hydrogens is 282 g/mol. The summed E-state index contributed by atoms with van der Waals surface area (Å²) in [4.78, 5) is 0. The second-order valence-corrected chi connectivity index (χ2v) is 6.64. The lowest BCUT2D eigenvalue weighted by molar-refractivity contribution is 0.285. The highest BCUT2D eigenvalue weighted by Crippen LogP contribution is 2.29. The molecule has 0 radical (unpaired) electrons. The van der Waals surface area contributed by atoms with E-state index in [0.29, 0.717) is 0 Å². The first-order chi connectivity index (χ1) is 11.0. The summed E-state index contributed by atoms with van der Waals surface area (Å²) in [6, 6.07) is 10.6. The lowest BCUT2D eigenvalue weighted by Gasteiger charge is -2.29. The smallest absolute Gasteiger partial charge is 0.114 e. The Labute approximate surface area is 142 Å². The molecule has 2 heteroatoms. The highest BCUT2D eigenvalue weighted by atomic mass is 16.5. The van der Waals surface area contributed by atoms with E-state index in [4.69, 9.17) is 4.74 Å². The third kappa shape index (κ3) is 7.51. The maximum Gasteiger partial charge on any atom is 0.114 e. The van der Waals surface area contributed by atoms with E-state index in [1.165, 1.54) is 11.1 Å². The summed E-state index contributed by atoms with van der Waals surface area (Å²) in [7, 11) is 1.74. The molecule has 0 amide bonds. The Bertz CT molecular complexity index is 504. The third-order valence-corrected chi connectivity index (χ3v) is 4.31. The van der Waals surface area contributed by atoms with Gasteiger partial charge in [0.15, 0.2) is 0 Å². The molecule has 0 aliphatic carbocycles. The van der Waals surface area contributed by atoms with Gasteiger partial charge in [-0.25, -0.2) is 0 Å². The standard InChI is InChI=1S/C21H33NO/c1-6-11-20(23-5)14-18(3)15-21(4,7-2)17-22-16-19-12-9-8-10-13-19/h8-14,22H,6-7,15-17H2,1-5H3/b18-14+,20-11+. The van der Waals surface area contributed by atoms with Gasteiger partial charge in [-0.2, -0.15) is 0 Å². The van der Waals surface area contributed by atoms with Crippen LogP contribution in [0.2, 0.25) is 0 Å². The van der Waals surface area contributed by atoms with Crippen molar-refractivity contribution in [3.8, 4) is 0 Å². The van der Waals surface area contributed by atoms with Crippen molar-refractivity contribution < 1.29 is 4.74 Å². The van der Waals surface area contributed by atoms with Crippen LogP contribution in [0, 0.1) is 5.41 Å². The first-order valence-electron chi connectivity index (χ1n) is 8.69. The molecule has 0 bridgehead atoms. The monoisotopic (exact) mass is 315 g/mol. The minimum Gasteiger partial charge on any atom is -0.497 e. The first-order valence-corrected chi connectivity index (χ1v) is 8.69. The van der Waals surface area contributed by atoms with Crippen LogP contribution < -0.4 is 5.32 Å². The molecular formula is C21H33NO. The number of nitrogens with one attached hydrogen (secondary N) is 1. The number of methoxy groups -OCH3 is 1. The summed E-state index contributed by atoms with van der Waals surface area (Å²) in [6.07, 6.45) is 7.53. The fraction of sp³-hybridized carbons (Fsp3) is 0.524. The predicted octanol–water partition coefficient (Wildman–Crippen LogP) is 5.47. The average molecular weight is 316 g/mol. The van der Waals surface area contributed by atoms with E-state index >= 15 is 0 Å². The quantitative estimate of drug-likeness (QED) is 0.456. The van der Waals surface area contributed by atoms with Crippen LogP contribution in [0.25, 0.3) is 0 Å². The van der Waals surface area contributed by atoms with Crippen LogP contribution in [-0.2, 0) is 11.3 Å². The van der Waals surface area contributed by atoms with Gasteiger partial charge in [0, 0.05) is 13.1 Å². The summed E-state index contributed by atoms with van der Waals surface area (Å²) in [5, 5.41) is 3.62. The van der Waals surface area contributed by atoms with Crippen LogP contribution >= 0.6 is 0 Å². The van der Waals surface area contributed by atoms with Crippen LogP contribution in [0.1, 0.15) is 52.5 Å². The van der Waals surface area contributed by atoms with E-state index in [1.807, 2.05) is 0 Å². The van der Waals surface area contributed by atoms with Crippen LogP contribution in [0.15, 0.2) is 53.8 Å². The number of allylic oxidation sites excluding steroid dienone is 3. The topological polar surface area (TPSA) is 21.3 Å². The zero-order valence-corrected chi connectivity index (χ0v) is 15.5. The summed E-state index contributed by atoms with van der Waals surface area (Å²) in [6.45, 7) is 10.9. The normalized spacial score (nSPS) is 15.3. The largest absolute Gasteiger partial charge is 0.497 e. The second kappa shape index (κ2) is 10.3. The fourth-order valence-electron chi connectivity index (χ4n) is 2.79. The average Bonchev–Trinajstić information content (AvgIpc) is 2.55. The molecule has 1 N–H and O–H groups in total. The van der Waals surface area contributed by atoms with Crippen molar-refractivity contribution in [2.24, 2.45) is 5.41 Å². The van der Waals surface area contributed by atoms with E-state index in [-0.39, 0.29) is 5.41 Å². The minimum absolute atomic E-state index is 0.264. The van der Waals surface area contributed by atoms with Crippen molar-refractivity contribution in [2.75, 3.05) is 13.7 Å². The molecule has 128 valence electrons. The van der Waals surface area contributed by atoms with Gasteiger partial charge in [0.2, 0.25) is 0 Å². The number of benzene rings is 1. The Morgan fingerprint density at radius 1 is 1.22 bits per heavy atom. The zero-order valence-electron chi connectivity index (χ0n) is 15.5. The van der Waals surface area contributed by atoms with E-state index in [9.17, 15) is 0 Å². The molecule has 1 unspecified atom stereocenters. The summed E-state index contributed by atoms with van der Waals surface area (Å²) < 4.78 is 5.42. The minimum atomic E-state index is 0.264. The highest BCUT2D eigenvalue weighted by Gasteiger charge is 2.22. The van der Waals surface area contributed by atoms with Crippen molar-refractivity contribution in [1.82, 2.24) is 5.32 Å². The molecule has 0 aromatic heterocycles. The van der Waals surface area contributed by atoms with Crippen molar-refractivity contribution in [3.05, 3.63) is 59.4 Å². The lowest BCUT2D eigenvalue weighted by atomic mass is 9.81. The van der Waals surface area contributed by atoms with Crippen molar-refractivity contribution in [3.63, 3.8) is 0 Å². The van der Waals surface area contributed by atoms with Crippen molar-refractivity contribution in [2.45, 2.75) is 53.5 Å². The number of ether oxygens (including phenoxy) is 1. The fourth-order valence-corrected chi connectivity index (χ4v) is 2.79. The van der Waals surface area contributed by atoms with E-state index in [2.05, 4.69) is 75.5 Å². The molecule has 0 spiro atoms. The maximum absolute atomic E-state index is 5.42. The first kappa shape index (κ1) is 19.5. The van der Waals surface area contributed by atoms with Gasteiger partial charge < -0.3 is 10.1 Å². The Morgan fingerprint density at radius 3 is 2.48 bits per heavy atom. The van der Waals surface area contributed by atoms with Gasteiger partial charge >= 0.3 is 0 Å². The molecule has 0 saturated heterocycles. The van der Waals surface area contributed by atoms with Crippen LogP contribution in [-0.4, -0.2) is 13.7 Å². The number of hydrogen-bond donors (Lipinski definition) is 1. The zero-order chi connectivity index (χ0) is 17.1. The Hall–Kier alpha value is -1.54. The van der Waals surface area contributed by atoms with Gasteiger partial charge in [0.1, 0.15) is 5.76 Å². The van der Waals surface area contributed by atoms with Crippen LogP contribution in [0.5, 0.6) is 0 Å². The molecule has 0 fully saturated rings. The second-order valence-electron chi connectivity index (χ2n) is 6.64. The van der Waals surface area contributed by atoms with Crippen LogP contribution in [0.4, 0.5) is 0 Å². The van der Waals surface area contributed by atoms with Crippen molar-refractivity contribution in [1.29, 1.82) is 0 Å². The van der Waals surface area contributed by atoms with Gasteiger partial charge in [-0.15, -0.1) is 0 Å². The SMILES string of the molecule is CC/C=C(\C=C(/C)CC(C)(CC)CNCc1ccccc1)OC. The predicted molar refractivity (Wildman–Crippen MR) is 100 cm³/mol. The molecule has 0 saturated carbocycles. The molecule has 2 nitrogen and oxygen atoms in total. The van der Waals surface area contributed by atoms with E-state index in [1.54, 1.807) is 7.11 Å². The van der Waals surface area contributed by atoms with Crippen molar-refractivity contribution >= 4 is 0 Å². The molecule has 0 heterocycles. The summed E-state index contributed by atoms with van der Waals surface area (Å²) in [5.74, 6) is 0.973. The number of hydrogen-bond acceptors (Lipinski definition) is 2. The van der Waals surface area contributed by atoms with Gasteiger partial charge in [0.25, 0.3) is 0 Å². The van der Waals surface area contributed by atoms with Gasteiger partial charge in [0.05, 0.1) is 7.11 Å². The molecule has 1 aromatic carbocycles. The van der Waals surface area contributed by atoms with Gasteiger partial charge in [-0.3, -0.25) is 0 Å². The maximum atomic E-state index is 5.42. The highest BCUT2D eigenvalue weighted by molar-refractivity contribution is 5.18. The Balaban J connectivity index is 2.58. The van der Waals surface area contributed by atoms with Gasteiger partial charge in [-0.05, 0) is 49.3 Å². The number of rotatable bonds is 10. The Kier molecular flexibility index (Phi) is 8.71. The summed E-state index contributed by atoms with van der Waals surface area (Å²) in [5.41, 5.74) is 2.98. The molecule has 23 heavy (non-hydrogen) atoms. The third-order valence-electron chi connectivity index (χ3n) is 4.31. The molecule has 1 aromatic rings. The van der Waals surface area contributed by atoms with Crippen LogP contribution in [0.3, 0.4) is 0 Å². The Morgan fingerprint density at radius 2 is 1.91 bits per heavy atom. The molecule has 0 aliphatic rings. The summed E-state index contributed by atoms with van der Waals surface area (Å²) >= 11 is 0. The lowest BCUT2D eigenvalue weighted by Crippen LogP contribution is -2.31. The van der Waals surface area contributed by atoms with E-state index < -0.39 is 0 Å².